The molecule has 2 amide bonds. The maximum Gasteiger partial charge on any atom is 0.223 e. The minimum atomic E-state index is -0.343. The third kappa shape index (κ3) is 3.98. The maximum atomic E-state index is 15.0. The van der Waals surface area contributed by atoms with Gasteiger partial charge in [0.1, 0.15) is 5.82 Å². The fourth-order valence-corrected chi connectivity index (χ4v) is 6.10. The fraction of sp³-hybridized carbons (Fsp3) is 0.667. The van der Waals surface area contributed by atoms with E-state index in [-0.39, 0.29) is 41.0 Å². The molecule has 0 saturated heterocycles. The Kier molecular flexibility index (Phi) is 6.11. The van der Waals surface area contributed by atoms with Crippen LogP contribution in [0.15, 0.2) is 12.1 Å². The quantitative estimate of drug-likeness (QED) is 0.618. The van der Waals surface area contributed by atoms with Gasteiger partial charge in [0.2, 0.25) is 11.8 Å². The van der Waals surface area contributed by atoms with Crippen LogP contribution < -0.4 is 10.6 Å². The largest absolute Gasteiger partial charge is 0.353 e. The topological polar surface area (TPSA) is 58.2 Å². The summed E-state index contributed by atoms with van der Waals surface area (Å²) in [5, 5.41) is 6.79. The molecule has 0 aliphatic heterocycles. The maximum absolute atomic E-state index is 15.0. The SMILES string of the molecule is CCCC(=O)NC1CC(C(=O)N[C@H](c2c(F)ccc(Cl)c2C)C23CCC(CC2)C3)C1. The molecule has 1 atom stereocenters. The first kappa shape index (κ1) is 21.6. The smallest absolute Gasteiger partial charge is 0.223 e. The zero-order valence-corrected chi connectivity index (χ0v) is 18.7. The Morgan fingerprint density at radius 1 is 1.27 bits per heavy atom. The van der Waals surface area contributed by atoms with Gasteiger partial charge in [-0.15, -0.1) is 0 Å². The molecule has 3 saturated carbocycles. The lowest BCUT2D eigenvalue weighted by molar-refractivity contribution is -0.132. The molecule has 164 valence electrons. The van der Waals surface area contributed by atoms with E-state index in [1.54, 1.807) is 6.07 Å². The number of hydrogen-bond donors (Lipinski definition) is 2. The normalized spacial score (nSPS) is 30.6. The Bertz CT molecular complexity index is 829. The summed E-state index contributed by atoms with van der Waals surface area (Å²) in [6.07, 6.45) is 8.04. The average molecular weight is 435 g/mol. The second-order valence-electron chi connectivity index (χ2n) is 9.70. The van der Waals surface area contributed by atoms with Crippen LogP contribution >= 0.6 is 11.6 Å². The van der Waals surface area contributed by atoms with Gasteiger partial charge in [0.25, 0.3) is 0 Å². The Hall–Kier alpha value is -1.62. The number of fused-ring (bicyclic) bond motifs is 2. The lowest BCUT2D eigenvalue weighted by Crippen LogP contribution is -2.51. The second-order valence-corrected chi connectivity index (χ2v) is 10.1. The summed E-state index contributed by atoms with van der Waals surface area (Å²) in [5.41, 5.74) is 1.21. The van der Waals surface area contributed by atoms with Gasteiger partial charge in [-0.1, -0.05) is 18.5 Å². The predicted octanol–water partition coefficient (Wildman–Crippen LogP) is 5.22. The van der Waals surface area contributed by atoms with Gasteiger partial charge in [0.15, 0.2) is 0 Å². The zero-order valence-electron chi connectivity index (χ0n) is 17.9. The lowest BCUT2D eigenvalue weighted by Gasteiger charge is -2.41. The Balaban J connectivity index is 1.51. The molecule has 1 aromatic carbocycles. The first-order valence-electron chi connectivity index (χ1n) is 11.4. The Morgan fingerprint density at radius 3 is 2.57 bits per heavy atom. The summed E-state index contributed by atoms with van der Waals surface area (Å²) < 4.78 is 15.0. The Morgan fingerprint density at radius 2 is 1.97 bits per heavy atom. The molecule has 2 bridgehead atoms. The molecule has 2 N–H and O–H groups in total. The molecule has 0 radical (unpaired) electrons. The van der Waals surface area contributed by atoms with Crippen LogP contribution in [0.3, 0.4) is 0 Å². The molecule has 4 rings (SSSR count). The number of amides is 2. The van der Waals surface area contributed by atoms with Crippen molar-refractivity contribution in [1.29, 1.82) is 0 Å². The number of carbonyl (C=O) groups excluding carboxylic acids is 2. The molecular weight excluding hydrogens is 403 g/mol. The molecule has 30 heavy (non-hydrogen) atoms. The summed E-state index contributed by atoms with van der Waals surface area (Å²) >= 11 is 6.35. The van der Waals surface area contributed by atoms with E-state index in [9.17, 15) is 9.59 Å². The Labute approximate surface area is 183 Å². The van der Waals surface area contributed by atoms with Gasteiger partial charge in [-0.25, -0.2) is 4.39 Å². The summed E-state index contributed by atoms with van der Waals surface area (Å²) in [7, 11) is 0. The molecule has 1 aromatic rings. The third-order valence-corrected chi connectivity index (χ3v) is 8.14. The standard InChI is InChI=1S/C24H32ClFN2O2/c1-3-4-20(29)27-17-11-16(12-17)23(30)28-22(24-9-7-15(13-24)8-10-24)21-14(2)18(25)5-6-19(21)26/h5-6,15-17,22H,3-4,7-13H2,1-2H3,(H,27,29)(H,28,30)/t15?,16?,17?,22-,24?/m1/s1. The highest BCUT2D eigenvalue weighted by Crippen LogP contribution is 2.60. The van der Waals surface area contributed by atoms with E-state index >= 15 is 4.39 Å². The summed E-state index contributed by atoms with van der Waals surface area (Å²) in [5.74, 6) is 0.304. The lowest BCUT2D eigenvalue weighted by atomic mass is 9.72. The van der Waals surface area contributed by atoms with Crippen molar-refractivity contribution in [3.63, 3.8) is 0 Å². The van der Waals surface area contributed by atoms with Crippen LogP contribution in [0, 0.1) is 30.0 Å². The van der Waals surface area contributed by atoms with Crippen molar-refractivity contribution < 1.29 is 14.0 Å². The van der Waals surface area contributed by atoms with Crippen molar-refractivity contribution in [1.82, 2.24) is 10.6 Å². The number of halogens is 2. The van der Waals surface area contributed by atoms with Crippen LogP contribution in [0.25, 0.3) is 0 Å². The van der Waals surface area contributed by atoms with E-state index < -0.39 is 0 Å². The van der Waals surface area contributed by atoms with E-state index in [2.05, 4.69) is 10.6 Å². The van der Waals surface area contributed by atoms with Crippen molar-refractivity contribution in [3.8, 4) is 0 Å². The van der Waals surface area contributed by atoms with E-state index in [0.29, 0.717) is 35.8 Å². The minimum absolute atomic E-state index is 0.0236. The van der Waals surface area contributed by atoms with Crippen LogP contribution in [0.5, 0.6) is 0 Å². The fourth-order valence-electron chi connectivity index (χ4n) is 5.93. The molecule has 3 fully saturated rings. The molecule has 0 aromatic heterocycles. The molecular formula is C24H32ClFN2O2. The van der Waals surface area contributed by atoms with Crippen molar-refractivity contribution in [3.05, 3.63) is 34.1 Å². The molecule has 0 unspecified atom stereocenters. The second kappa shape index (κ2) is 8.49. The molecule has 4 nitrogen and oxygen atoms in total. The van der Waals surface area contributed by atoms with Crippen molar-refractivity contribution in [2.75, 3.05) is 0 Å². The first-order chi connectivity index (χ1) is 14.3. The van der Waals surface area contributed by atoms with Crippen LogP contribution in [-0.2, 0) is 9.59 Å². The van der Waals surface area contributed by atoms with E-state index in [0.717, 1.165) is 44.1 Å². The van der Waals surface area contributed by atoms with Gasteiger partial charge in [0.05, 0.1) is 6.04 Å². The highest BCUT2D eigenvalue weighted by molar-refractivity contribution is 6.31. The predicted molar refractivity (Wildman–Crippen MR) is 116 cm³/mol. The molecule has 3 aliphatic rings. The van der Waals surface area contributed by atoms with Gasteiger partial charge in [0, 0.05) is 29.0 Å². The number of carbonyl (C=O) groups is 2. The highest BCUT2D eigenvalue weighted by atomic mass is 35.5. The molecule has 6 heteroatoms. The van der Waals surface area contributed by atoms with Crippen molar-refractivity contribution >= 4 is 23.4 Å². The first-order valence-corrected chi connectivity index (χ1v) is 11.7. The minimum Gasteiger partial charge on any atom is -0.353 e. The highest BCUT2D eigenvalue weighted by Gasteiger charge is 2.52. The van der Waals surface area contributed by atoms with Gasteiger partial charge < -0.3 is 10.6 Å². The monoisotopic (exact) mass is 434 g/mol. The number of nitrogens with one attached hydrogen (secondary N) is 2. The summed E-state index contributed by atoms with van der Waals surface area (Å²) in [6, 6.07) is 2.74. The van der Waals surface area contributed by atoms with Gasteiger partial charge >= 0.3 is 0 Å². The van der Waals surface area contributed by atoms with Crippen LogP contribution in [0.4, 0.5) is 4.39 Å². The summed E-state index contributed by atoms with van der Waals surface area (Å²) in [4.78, 5) is 24.9. The molecule has 0 heterocycles. The molecule has 0 spiro atoms. The van der Waals surface area contributed by atoms with Gasteiger partial charge in [-0.05, 0) is 87.3 Å². The zero-order chi connectivity index (χ0) is 21.5. The van der Waals surface area contributed by atoms with Gasteiger partial charge in [-0.2, -0.15) is 0 Å². The number of hydrogen-bond acceptors (Lipinski definition) is 2. The number of rotatable bonds is 7. The van der Waals surface area contributed by atoms with E-state index in [1.807, 2.05) is 13.8 Å². The average Bonchev–Trinajstić information content (AvgIpc) is 3.29. The van der Waals surface area contributed by atoms with E-state index in [4.69, 9.17) is 11.6 Å². The summed E-state index contributed by atoms with van der Waals surface area (Å²) in [6.45, 7) is 3.82. The van der Waals surface area contributed by atoms with Crippen molar-refractivity contribution in [2.45, 2.75) is 83.7 Å². The van der Waals surface area contributed by atoms with Crippen LogP contribution in [0.1, 0.15) is 81.9 Å². The number of benzene rings is 1. The molecule has 3 aliphatic carbocycles. The van der Waals surface area contributed by atoms with Crippen molar-refractivity contribution in [2.24, 2.45) is 17.3 Å². The van der Waals surface area contributed by atoms with Gasteiger partial charge in [-0.3, -0.25) is 9.59 Å². The van der Waals surface area contributed by atoms with Crippen LogP contribution in [0.2, 0.25) is 5.02 Å². The van der Waals surface area contributed by atoms with E-state index in [1.165, 1.54) is 6.07 Å². The van der Waals surface area contributed by atoms with Crippen LogP contribution in [-0.4, -0.2) is 17.9 Å². The third-order valence-electron chi connectivity index (χ3n) is 7.73.